The average Bonchev–Trinajstić information content (AvgIpc) is 3.13. The first-order chi connectivity index (χ1) is 39.4. The predicted molar refractivity (Wildman–Crippen MR) is 301 cm³/mol. The molecule has 11 atom stereocenters. The van der Waals surface area contributed by atoms with Crippen LogP contribution in [0.2, 0.25) is 0 Å². The third-order valence-corrected chi connectivity index (χ3v) is 14.0. The van der Waals surface area contributed by atoms with Gasteiger partial charge in [-0.1, -0.05) is 78.6 Å². The van der Waals surface area contributed by atoms with Crippen molar-refractivity contribution in [2.75, 3.05) is 19.7 Å². The molecule has 31 heteroatoms. The molecule has 0 unspecified atom stereocenters. The van der Waals surface area contributed by atoms with Crippen molar-refractivity contribution in [3.8, 4) is 0 Å². The Balaban J connectivity index is 2.35. The normalized spacial score (nSPS) is 17.1. The van der Waals surface area contributed by atoms with E-state index in [4.69, 9.17) is 28.7 Å². The summed E-state index contributed by atoms with van der Waals surface area (Å²) in [5.41, 5.74) is 27.3. The highest BCUT2D eigenvalue weighted by Gasteiger charge is 2.44. The minimum atomic E-state index is -1.84. The summed E-state index contributed by atoms with van der Waals surface area (Å²) >= 11 is 0. The predicted octanol–water partition coefficient (Wildman–Crippen LogP) is -5.25. The van der Waals surface area contributed by atoms with Crippen molar-refractivity contribution >= 4 is 82.9 Å². The highest BCUT2D eigenvalue weighted by atomic mass is 16.4. The summed E-state index contributed by atoms with van der Waals surface area (Å²) in [7, 11) is 0. The first-order valence-electron chi connectivity index (χ1n) is 27.6. The Morgan fingerprint density at radius 3 is 1.68 bits per heavy atom. The molecule has 0 radical (unpaired) electrons. The number of nitrogens with two attached hydrogens (primary N) is 5. The Bertz CT molecular complexity index is 2560. The molecule has 1 aliphatic rings. The highest BCUT2D eigenvalue weighted by molar-refractivity contribution is 6.00. The average molecular weight is 1190 g/mol. The third-order valence-electron chi connectivity index (χ3n) is 14.0. The van der Waals surface area contributed by atoms with Crippen LogP contribution in [-0.2, 0) is 75.2 Å². The lowest BCUT2D eigenvalue weighted by atomic mass is 9.77. The molecule has 0 heterocycles. The Labute approximate surface area is 486 Å². The summed E-state index contributed by atoms with van der Waals surface area (Å²) in [5.74, 6) is -15.4. The number of carbonyl (C=O) groups excluding carboxylic acids is 11. The monoisotopic (exact) mass is 1190 g/mol. The number of guanidine groups is 1. The smallest absolute Gasteiger partial charge is 0.326 e. The van der Waals surface area contributed by atoms with Gasteiger partial charge in [0.1, 0.15) is 47.8 Å². The molecular weight excluding hydrogens is 1100 g/mol. The SMILES string of the molecule is CC[C@H](C)[C@H](NC(=O)CNC(=O)[C@]1(NC(=O)[C@@H](N)CC(=O)O)CCc2ccccc2C1)C(=O)N[C@@H](CC(C)C)C(=O)N[C@@H](CCC(N)=O)C(=O)N[C@H](C(=O)N[C@@H](CC(N)=O)C(=O)N[C@@H](CO)C(=O)N[C@@H](CCCN=C(N)N)C(=O)O)[C@@H](C)CC. The van der Waals surface area contributed by atoms with Gasteiger partial charge in [-0.3, -0.25) is 62.5 Å². The molecule has 22 N–H and O–H groups in total. The first kappa shape index (κ1) is 71.6. The van der Waals surface area contributed by atoms with Crippen LogP contribution in [0.3, 0.4) is 0 Å². The van der Waals surface area contributed by atoms with Crippen LogP contribution in [0.4, 0.5) is 0 Å². The van der Waals surface area contributed by atoms with Crippen LogP contribution in [0.1, 0.15) is 117 Å². The molecule has 2 rings (SSSR count). The second kappa shape index (κ2) is 34.8. The maximum atomic E-state index is 14.3. The van der Waals surface area contributed by atoms with Crippen molar-refractivity contribution in [3.63, 3.8) is 0 Å². The van der Waals surface area contributed by atoms with E-state index < -0.39 is 181 Å². The van der Waals surface area contributed by atoms with Gasteiger partial charge in [0.15, 0.2) is 5.96 Å². The Morgan fingerprint density at radius 1 is 0.619 bits per heavy atom. The van der Waals surface area contributed by atoms with Gasteiger partial charge in [0.05, 0.1) is 32.0 Å². The fraction of sp³-hybridized carbons (Fsp3) is 0.623. The molecule has 1 aliphatic carbocycles. The molecular formula is C53H85N15O16. The highest BCUT2D eigenvalue weighted by Crippen LogP contribution is 2.29. The van der Waals surface area contributed by atoms with Crippen molar-refractivity contribution in [2.24, 2.45) is 51.4 Å². The molecule has 468 valence electrons. The summed E-state index contributed by atoms with van der Waals surface area (Å²) in [6.45, 7) is 8.29. The van der Waals surface area contributed by atoms with Crippen LogP contribution >= 0.6 is 0 Å². The number of primary amides is 2. The maximum Gasteiger partial charge on any atom is 0.326 e. The van der Waals surface area contributed by atoms with E-state index in [2.05, 4.69) is 52.8 Å². The Kier molecular flexibility index (Phi) is 29.7. The second-order valence-corrected chi connectivity index (χ2v) is 21.3. The van der Waals surface area contributed by atoms with Crippen molar-refractivity contribution in [3.05, 3.63) is 35.4 Å². The number of nitrogens with zero attached hydrogens (tertiary/aromatic N) is 1. The summed E-state index contributed by atoms with van der Waals surface area (Å²) < 4.78 is 0. The van der Waals surface area contributed by atoms with Crippen molar-refractivity contribution in [2.45, 2.75) is 172 Å². The fourth-order valence-electron chi connectivity index (χ4n) is 8.88. The Morgan fingerprint density at radius 2 is 1.14 bits per heavy atom. The molecule has 31 nitrogen and oxygen atoms in total. The number of benzene rings is 1. The standard InChI is InChI=1S/C53H85N15O16/c1-7-27(5)41(66-39(72)24-60-51(84)53(68-43(75)31(54)21-40(73)74)18-17-29-12-9-10-13-30(29)23-53)48(80)63-34(20-26(3)4)45(77)61-32(15-16-37(55)70)44(76)67-42(28(6)8-2)49(81)64-35(22-38(56)71)46(78)65-36(25-69)47(79)62-33(50(82)83)14-11-19-59-52(57)58/h9-10,12-13,26-28,31-36,41-42,69H,7-8,11,14-25,54H2,1-6H3,(H2,55,70)(H2,56,71)(H,60,84)(H,61,77)(H,62,79)(H,63,80)(H,64,81)(H,65,78)(H,66,72)(H,67,76)(H,68,75)(H,73,74)(H,82,83)(H4,57,58,59)/t27-,28-,31-,32-,33-,34-,35-,36-,41-,42-,53-/m0/s1. The molecule has 0 aliphatic heterocycles. The van der Waals surface area contributed by atoms with Gasteiger partial charge in [-0.25, -0.2) is 4.79 Å². The van der Waals surface area contributed by atoms with Crippen LogP contribution in [0.15, 0.2) is 29.3 Å². The summed E-state index contributed by atoms with van der Waals surface area (Å²) in [4.78, 5) is 175. The molecule has 0 bridgehead atoms. The summed E-state index contributed by atoms with van der Waals surface area (Å²) in [6.07, 6.45) is -1.64. The molecule has 0 spiro atoms. The number of aliphatic imine (C=N–C) groups is 1. The number of carboxylic acid groups (broad SMARTS) is 2. The van der Waals surface area contributed by atoms with E-state index in [1.165, 1.54) is 6.92 Å². The topological polar surface area (TPSA) is 533 Å². The molecule has 1 aromatic rings. The van der Waals surface area contributed by atoms with E-state index in [0.717, 1.165) is 11.1 Å². The number of aliphatic hydroxyl groups excluding tert-OH is 1. The maximum absolute atomic E-state index is 14.3. The van der Waals surface area contributed by atoms with Gasteiger partial charge in [0.25, 0.3) is 0 Å². The molecule has 0 fully saturated rings. The van der Waals surface area contributed by atoms with Gasteiger partial charge in [0, 0.05) is 19.4 Å². The zero-order valence-corrected chi connectivity index (χ0v) is 48.2. The number of aryl methyl sites for hydroxylation is 1. The second-order valence-electron chi connectivity index (χ2n) is 21.3. The fourth-order valence-corrected chi connectivity index (χ4v) is 8.88. The number of nitrogens with one attached hydrogen (secondary N) is 9. The van der Waals surface area contributed by atoms with Crippen molar-refractivity contribution in [1.29, 1.82) is 0 Å². The van der Waals surface area contributed by atoms with E-state index in [1.54, 1.807) is 46.8 Å². The lowest BCUT2D eigenvalue weighted by Gasteiger charge is -2.38. The van der Waals surface area contributed by atoms with Gasteiger partial charge < -0.3 is 91.8 Å². The molecule has 0 saturated carbocycles. The van der Waals surface area contributed by atoms with Gasteiger partial charge in [-0.15, -0.1) is 0 Å². The lowest BCUT2D eigenvalue weighted by Crippen LogP contribution is -2.64. The first-order valence-corrected chi connectivity index (χ1v) is 27.6. The molecule has 0 aromatic heterocycles. The zero-order valence-electron chi connectivity index (χ0n) is 48.2. The zero-order chi connectivity index (χ0) is 63.6. The molecule has 84 heavy (non-hydrogen) atoms. The third kappa shape index (κ3) is 23.8. The number of hydrogen-bond donors (Lipinski definition) is 17. The number of carbonyl (C=O) groups is 13. The van der Waals surface area contributed by atoms with Crippen LogP contribution in [-0.4, -0.2) is 172 Å². The number of amides is 11. The summed E-state index contributed by atoms with van der Waals surface area (Å²) in [6, 6.07) is -5.32. The molecule has 1 aromatic carbocycles. The minimum Gasteiger partial charge on any atom is -0.481 e. The Hall–Kier alpha value is -8.48. The van der Waals surface area contributed by atoms with E-state index in [-0.39, 0.29) is 56.9 Å². The van der Waals surface area contributed by atoms with E-state index in [1.807, 2.05) is 12.1 Å². The summed E-state index contributed by atoms with van der Waals surface area (Å²) in [5, 5.41) is 51.0. The van der Waals surface area contributed by atoms with Gasteiger partial charge >= 0.3 is 11.9 Å². The van der Waals surface area contributed by atoms with Gasteiger partial charge in [-0.05, 0) is 67.4 Å². The van der Waals surface area contributed by atoms with Crippen LogP contribution in [0, 0.1) is 17.8 Å². The van der Waals surface area contributed by atoms with Crippen molar-refractivity contribution in [1.82, 2.24) is 47.9 Å². The van der Waals surface area contributed by atoms with Crippen LogP contribution in [0.5, 0.6) is 0 Å². The number of hydrogen-bond acceptors (Lipinski definition) is 16. The minimum absolute atomic E-state index is 0.0121. The van der Waals surface area contributed by atoms with Crippen LogP contribution < -0.4 is 76.5 Å². The number of aliphatic hydroxyl groups is 1. The number of carboxylic acids is 2. The largest absolute Gasteiger partial charge is 0.481 e. The number of rotatable bonds is 37. The van der Waals surface area contributed by atoms with E-state index in [9.17, 15) is 77.6 Å². The van der Waals surface area contributed by atoms with Crippen molar-refractivity contribution < 1.29 is 77.6 Å². The van der Waals surface area contributed by atoms with E-state index >= 15 is 0 Å². The number of fused-ring (bicyclic) bond motifs is 1. The van der Waals surface area contributed by atoms with E-state index in [0.29, 0.717) is 12.8 Å². The van der Waals surface area contributed by atoms with Gasteiger partial charge in [-0.2, -0.15) is 0 Å². The van der Waals surface area contributed by atoms with Crippen LogP contribution in [0.25, 0.3) is 0 Å². The molecule has 0 saturated heterocycles. The molecule has 11 amide bonds. The quantitative estimate of drug-likeness (QED) is 0.0168. The lowest BCUT2D eigenvalue weighted by molar-refractivity contribution is -0.143. The van der Waals surface area contributed by atoms with Gasteiger partial charge in [0.2, 0.25) is 65.0 Å². The number of aliphatic carboxylic acids is 2.